The Hall–Kier alpha value is -4.98. The number of fused-ring (bicyclic) bond motifs is 1. The number of amides is 2. The predicted molar refractivity (Wildman–Crippen MR) is 181 cm³/mol. The van der Waals surface area contributed by atoms with E-state index >= 15 is 0 Å². The molecule has 1 fully saturated rings. The van der Waals surface area contributed by atoms with E-state index in [2.05, 4.69) is 5.32 Å². The molecule has 4 aromatic carbocycles. The molecule has 2 aliphatic rings. The van der Waals surface area contributed by atoms with E-state index < -0.39 is 23.9 Å². The molecule has 0 saturated carbocycles. The van der Waals surface area contributed by atoms with Crippen molar-refractivity contribution in [2.24, 2.45) is 17.8 Å². The quantitative estimate of drug-likeness (QED) is 0.0874. The van der Waals surface area contributed by atoms with Crippen molar-refractivity contribution in [2.75, 3.05) is 16.8 Å². The van der Waals surface area contributed by atoms with E-state index in [1.54, 1.807) is 24.3 Å². The monoisotopic (exact) mass is 614 g/mol. The second kappa shape index (κ2) is 13.6. The highest BCUT2D eigenvalue weighted by atomic mass is 16.3. The van der Waals surface area contributed by atoms with Crippen LogP contribution in [0, 0.1) is 17.8 Å². The third kappa shape index (κ3) is 6.25. The van der Waals surface area contributed by atoms with E-state index in [4.69, 9.17) is 0 Å². The second-order valence-corrected chi connectivity index (χ2v) is 12.1. The first kappa shape index (κ1) is 31.0. The van der Waals surface area contributed by atoms with Crippen molar-refractivity contribution in [2.45, 2.75) is 32.3 Å². The second-order valence-electron chi connectivity index (χ2n) is 12.1. The fraction of sp³-hybridized carbons (Fsp3) is 0.231. The lowest BCUT2D eigenvalue weighted by Gasteiger charge is -2.35. The maximum Gasteiger partial charge on any atom is 0.238 e. The van der Waals surface area contributed by atoms with Gasteiger partial charge >= 0.3 is 0 Å². The van der Waals surface area contributed by atoms with Crippen LogP contribution in [0.1, 0.15) is 37.3 Å². The fourth-order valence-electron chi connectivity index (χ4n) is 6.95. The van der Waals surface area contributed by atoms with Crippen LogP contribution >= 0.6 is 0 Å². The Bertz CT molecular complexity index is 1770. The zero-order chi connectivity index (χ0) is 32.2. The van der Waals surface area contributed by atoms with Gasteiger partial charge < -0.3 is 20.6 Å². The number of imide groups is 1. The number of hydrogen-bond acceptors (Lipinski definition) is 6. The largest absolute Gasteiger partial charge is 0.507 e. The molecule has 1 heterocycles. The van der Waals surface area contributed by atoms with Crippen LogP contribution in [0.5, 0.6) is 5.75 Å². The van der Waals surface area contributed by atoms with Crippen molar-refractivity contribution >= 4 is 40.5 Å². The van der Waals surface area contributed by atoms with Gasteiger partial charge in [0.05, 0.1) is 30.2 Å². The minimum absolute atomic E-state index is 0.171. The Labute approximate surface area is 269 Å². The number of allylic oxidation sites excluding steroid dienone is 2. The molecule has 1 aliphatic heterocycles. The summed E-state index contributed by atoms with van der Waals surface area (Å²) in [5.41, 5.74) is 6.32. The molecule has 4 N–H and O–H groups in total. The summed E-state index contributed by atoms with van der Waals surface area (Å²) in [7, 11) is 0. The van der Waals surface area contributed by atoms with Crippen molar-refractivity contribution in [3.63, 3.8) is 0 Å². The van der Waals surface area contributed by atoms with Crippen LogP contribution in [0.15, 0.2) is 120 Å². The van der Waals surface area contributed by atoms with Crippen LogP contribution in [-0.2, 0) is 9.59 Å². The third-order valence-electron chi connectivity index (χ3n) is 9.17. The van der Waals surface area contributed by atoms with Crippen molar-refractivity contribution in [3.05, 3.63) is 131 Å². The Morgan fingerprint density at radius 3 is 2.17 bits per heavy atom. The van der Waals surface area contributed by atoms with E-state index in [1.807, 2.05) is 97.9 Å². The topological polar surface area (TPSA) is 110 Å². The molecule has 0 bridgehead atoms. The van der Waals surface area contributed by atoms with E-state index in [-0.39, 0.29) is 24.2 Å². The summed E-state index contributed by atoms with van der Waals surface area (Å²) in [6, 6.07) is 33.8. The van der Waals surface area contributed by atoms with E-state index in [9.17, 15) is 24.9 Å². The first-order chi connectivity index (χ1) is 22.4. The summed E-state index contributed by atoms with van der Waals surface area (Å²) in [5.74, 6) is -2.47. The molecular weight excluding hydrogens is 576 g/mol. The number of aliphatic hydroxyl groups excluding tert-OH is 2. The molecule has 2 amide bonds. The lowest BCUT2D eigenvalue weighted by molar-refractivity contribution is -0.123. The molecule has 46 heavy (non-hydrogen) atoms. The maximum absolute atomic E-state index is 13.9. The van der Waals surface area contributed by atoms with Crippen molar-refractivity contribution in [1.29, 1.82) is 0 Å². The fourth-order valence-corrected chi connectivity index (χ4v) is 6.95. The molecule has 0 spiro atoms. The smallest absolute Gasteiger partial charge is 0.238 e. The number of nitrogens with zero attached hydrogens (tertiary/aromatic N) is 1. The molecule has 234 valence electrons. The van der Waals surface area contributed by atoms with Gasteiger partial charge in [-0.1, -0.05) is 72.3 Å². The third-order valence-corrected chi connectivity index (χ3v) is 9.17. The van der Waals surface area contributed by atoms with Crippen LogP contribution < -0.4 is 10.2 Å². The Balaban J connectivity index is 1.21. The molecule has 0 unspecified atom stereocenters. The number of aromatic hydroxyl groups is 1. The van der Waals surface area contributed by atoms with Gasteiger partial charge in [-0.15, -0.1) is 0 Å². The number of carbonyl (C=O) groups is 2. The number of para-hydroxylation sites is 2. The normalized spacial score (nSPS) is 20.5. The summed E-state index contributed by atoms with van der Waals surface area (Å²) in [6.45, 7) is 1.54. The summed E-state index contributed by atoms with van der Waals surface area (Å²) in [6.07, 6.45) is 2.19. The maximum atomic E-state index is 13.9. The molecule has 0 radical (unpaired) electrons. The first-order valence-corrected chi connectivity index (χ1v) is 15.7. The van der Waals surface area contributed by atoms with Gasteiger partial charge in [-0.2, -0.15) is 0 Å². The van der Waals surface area contributed by atoms with Crippen LogP contribution in [-0.4, -0.2) is 39.8 Å². The van der Waals surface area contributed by atoms with Crippen LogP contribution in [0.3, 0.4) is 0 Å². The number of phenolic OH excluding ortho intramolecular Hbond substituents is 1. The molecule has 1 aliphatic carbocycles. The van der Waals surface area contributed by atoms with Gasteiger partial charge in [0.2, 0.25) is 11.8 Å². The highest BCUT2D eigenvalue weighted by Gasteiger charge is 2.54. The zero-order valence-electron chi connectivity index (χ0n) is 25.7. The number of benzene rings is 4. The van der Waals surface area contributed by atoms with Crippen LogP contribution in [0.25, 0.3) is 11.6 Å². The van der Waals surface area contributed by atoms with E-state index in [0.29, 0.717) is 36.1 Å². The number of hydrogen-bond donors (Lipinski definition) is 4. The minimum Gasteiger partial charge on any atom is -0.507 e. The van der Waals surface area contributed by atoms with E-state index in [1.165, 1.54) is 4.90 Å². The molecule has 4 aromatic rings. The number of nitrogens with one attached hydrogen (secondary N) is 1. The molecule has 0 aromatic heterocycles. The Morgan fingerprint density at radius 2 is 1.50 bits per heavy atom. The van der Waals surface area contributed by atoms with Gasteiger partial charge in [-0.05, 0) is 91.4 Å². The van der Waals surface area contributed by atoms with Gasteiger partial charge in [-0.25, -0.2) is 0 Å². The van der Waals surface area contributed by atoms with E-state index in [0.717, 1.165) is 28.1 Å². The molecule has 7 nitrogen and oxygen atoms in total. The van der Waals surface area contributed by atoms with Gasteiger partial charge in [0.1, 0.15) is 5.75 Å². The van der Waals surface area contributed by atoms with Gasteiger partial charge in [0, 0.05) is 22.9 Å². The summed E-state index contributed by atoms with van der Waals surface area (Å²) in [4.78, 5) is 28.8. The highest BCUT2D eigenvalue weighted by Crippen LogP contribution is 2.47. The highest BCUT2D eigenvalue weighted by molar-refractivity contribution is 6.22. The number of carbonyl (C=O) groups excluding carboxylic acids is 2. The lowest BCUT2D eigenvalue weighted by Crippen LogP contribution is -2.38. The lowest BCUT2D eigenvalue weighted by atomic mass is 9.68. The van der Waals surface area contributed by atoms with Crippen molar-refractivity contribution in [1.82, 2.24) is 0 Å². The number of rotatable bonds is 10. The molecule has 1 saturated heterocycles. The number of phenols is 1. The van der Waals surface area contributed by atoms with Gasteiger partial charge in [-0.3, -0.25) is 14.5 Å². The SMILES string of the molecule is CC1=C([C@H](O)CC/C(=C/c2ccccc2O)c2ccccc2)[C@H](CO)[C@@H]2C(=O)N(c3ccc(Nc4ccccc4)cc3)C(=O)[C@@H]2C1. The minimum atomic E-state index is -0.921. The average molecular weight is 615 g/mol. The molecular formula is C39H38N2O5. The Morgan fingerprint density at radius 1 is 0.870 bits per heavy atom. The van der Waals surface area contributed by atoms with Crippen LogP contribution in [0.4, 0.5) is 17.1 Å². The molecule has 7 heteroatoms. The van der Waals surface area contributed by atoms with Crippen molar-refractivity contribution < 1.29 is 24.9 Å². The molecule has 6 rings (SSSR count). The predicted octanol–water partition coefficient (Wildman–Crippen LogP) is 6.95. The van der Waals surface area contributed by atoms with Gasteiger partial charge in [0.15, 0.2) is 0 Å². The van der Waals surface area contributed by atoms with Crippen molar-refractivity contribution in [3.8, 4) is 5.75 Å². The standard InChI is InChI=1S/C39H38N2O5/c1-25-22-32-37(39(46)41(38(32)45)31-19-17-30(18-20-31)40-29-13-6-3-7-14-29)33(24-42)36(25)35(44)21-16-27(26-10-4-2-5-11-26)23-28-12-8-9-15-34(28)43/h2-15,17-20,23,32-33,35,37,40,42-44H,16,21-22,24H2,1H3/b27-23-/t32-,33+,35-,37-/m1/s1. The first-order valence-electron chi connectivity index (χ1n) is 15.7. The Kier molecular flexibility index (Phi) is 9.15. The van der Waals surface area contributed by atoms with Gasteiger partial charge in [0.25, 0.3) is 0 Å². The number of aliphatic hydroxyl groups is 2. The average Bonchev–Trinajstić information content (AvgIpc) is 3.32. The zero-order valence-corrected chi connectivity index (χ0v) is 25.7. The summed E-state index contributed by atoms with van der Waals surface area (Å²) >= 11 is 0. The summed E-state index contributed by atoms with van der Waals surface area (Å²) in [5, 5.41) is 35.9. The molecule has 4 atom stereocenters. The summed E-state index contributed by atoms with van der Waals surface area (Å²) < 4.78 is 0. The number of anilines is 3. The van der Waals surface area contributed by atoms with Crippen LogP contribution in [0.2, 0.25) is 0 Å².